The number of aliphatic carboxylic acids is 2. The van der Waals surface area contributed by atoms with E-state index in [0.29, 0.717) is 91.9 Å². The molecule has 6 heterocycles. The minimum Gasteiger partial charge on any atom is -0.870 e. The van der Waals surface area contributed by atoms with Crippen molar-refractivity contribution >= 4 is 102 Å². The number of carboxylic acids is 2. The monoisotopic (exact) mass is 1650 g/mol. The number of hydrogen-bond donors (Lipinski definition) is 6. The zero-order valence-corrected chi connectivity index (χ0v) is 73.5. The van der Waals surface area contributed by atoms with Gasteiger partial charge in [0.1, 0.15) is 30.9 Å². The number of amides is 1. The van der Waals surface area contributed by atoms with Crippen molar-refractivity contribution in [1.82, 2.24) is 39.5 Å². The van der Waals surface area contributed by atoms with Crippen LogP contribution in [0.25, 0.3) is 31.2 Å². The first-order valence-electron chi connectivity index (χ1n) is 37.2. The second-order valence-electron chi connectivity index (χ2n) is 27.1. The van der Waals surface area contributed by atoms with E-state index in [4.69, 9.17) is 87.7 Å². The summed E-state index contributed by atoms with van der Waals surface area (Å²) in [5, 5.41) is 38.2. The minimum atomic E-state index is -1.03. The van der Waals surface area contributed by atoms with Gasteiger partial charge in [0.15, 0.2) is 0 Å². The maximum atomic E-state index is 11.5. The molecular weight excluding hydrogens is 1530 g/mol. The van der Waals surface area contributed by atoms with Crippen molar-refractivity contribution in [2.24, 2.45) is 5.92 Å². The molecule has 4 aliphatic rings. The summed E-state index contributed by atoms with van der Waals surface area (Å²) in [7, 11) is 4.29. The van der Waals surface area contributed by atoms with Gasteiger partial charge in [0.05, 0.1) is 43.0 Å². The topological polar surface area (TPSA) is 312 Å². The molecule has 4 atom stereocenters. The Balaban J connectivity index is 0.000000698. The fourth-order valence-electron chi connectivity index (χ4n) is 13.2. The summed E-state index contributed by atoms with van der Waals surface area (Å²) in [6.45, 7) is 45.9. The minimum absolute atomic E-state index is 0. The van der Waals surface area contributed by atoms with Crippen LogP contribution in [0.5, 0.6) is 12.0 Å². The summed E-state index contributed by atoms with van der Waals surface area (Å²) in [4.78, 5) is 69.2. The predicted molar refractivity (Wildman–Crippen MR) is 448 cm³/mol. The number of carbonyl (C=O) groups is 3. The van der Waals surface area contributed by atoms with Crippen LogP contribution in [0.4, 0.5) is 23.0 Å². The normalized spacial score (nSPS) is 15.4. The number of hydrogen-bond acceptors (Lipinski definition) is 19. The van der Waals surface area contributed by atoms with Crippen LogP contribution in [0.1, 0.15) is 134 Å². The van der Waals surface area contributed by atoms with Gasteiger partial charge in [-0.25, -0.2) is 22.7 Å². The van der Waals surface area contributed by atoms with Crippen molar-refractivity contribution in [3.05, 3.63) is 166 Å². The molecule has 10 rings (SSSR count). The number of alkyl halides is 3. The molecule has 2 aromatic heterocycles. The number of allylic oxidation sites excluding steroid dienone is 1. The molecule has 0 saturated carbocycles. The molecular formula is C82H120BrCl2KN14O10. The van der Waals surface area contributed by atoms with E-state index in [2.05, 4.69) is 209 Å². The largest absolute Gasteiger partial charge is 1.00 e. The maximum absolute atomic E-state index is 11.5. The van der Waals surface area contributed by atoms with Crippen molar-refractivity contribution in [2.75, 3.05) is 125 Å². The summed E-state index contributed by atoms with van der Waals surface area (Å²) in [5.41, 5.74) is 21.8. The number of likely N-dealkylation sites (tertiary alicyclic amines) is 2. The van der Waals surface area contributed by atoms with Gasteiger partial charge in [0, 0.05) is 107 Å². The fraction of sp³-hybridized carbons (Fsp3) is 0.524. The number of nitrogens with two attached hydrogens (primary N) is 2. The number of aliphatic hydroxyl groups excluding tert-OH is 2. The summed E-state index contributed by atoms with van der Waals surface area (Å²) in [6.07, 6.45) is 16.2. The van der Waals surface area contributed by atoms with Crippen LogP contribution < -0.4 is 82.1 Å². The van der Waals surface area contributed by atoms with Gasteiger partial charge >= 0.3 is 75.3 Å². The number of benzene rings is 4. The number of halogens is 3. The second kappa shape index (κ2) is 56.6. The zero-order chi connectivity index (χ0) is 80.3. The molecule has 0 spiro atoms. The number of carbonyl (C=O) groups excluding carboxylic acids is 1. The Kier molecular flexibility index (Phi) is 52.2. The number of aromatic nitrogens is 4. The van der Waals surface area contributed by atoms with Gasteiger partial charge in [-0.3, -0.25) is 9.69 Å². The molecule has 4 aliphatic heterocycles. The van der Waals surface area contributed by atoms with E-state index < -0.39 is 11.9 Å². The van der Waals surface area contributed by atoms with E-state index in [0.717, 1.165) is 112 Å². The number of carboxylic acid groups (broad SMARTS) is 2. The Morgan fingerprint density at radius 2 is 1.05 bits per heavy atom. The number of nitrogen functional groups attached to an aromatic ring is 2. The van der Waals surface area contributed by atoms with Crippen molar-refractivity contribution < 1.29 is 101 Å². The standard InChI is InChI=1S/2C24H29N5O.C10H16N2O2.C8H19N.C7H13N.C4H5BrO2.C4H6O3.CH2Cl2.K.H2O/c2*1-16-6-3-7-17-8-4-10-21(22(16)17)29-13-11-19-20(14-29)26-24(27-23(19)25)30-15-18-9-5-12-28(18)2;1-4-12(9(2)8-11-3)10(14)6-5-7-13;1-6-9(7(2)3)8(4)5;1-4-5-7(2)6-8-3;2*5-3-1-2-4(6)7;2-1-3;;/h2*3-4,6-8,10,18H,5,9,11-15H2,1-2H3,(H2,25,26,27);5-6,9,13H,4,7-8H2,1-2H3;7-8H,6H2,1-5H3;7H,4-6H2,1-2H3;1-2H,3H2,(H,6,7);1-2,5H,3H2,(H,6,7);1H2;;1H2/q;;;;;;;;+1;/p-1/b;;6-5+;;;2*2-1+;;;/t2*18-;9-;;7-;;;;;/m001.0...../s1. The van der Waals surface area contributed by atoms with Crippen molar-refractivity contribution in [3.8, 4) is 12.0 Å². The summed E-state index contributed by atoms with van der Waals surface area (Å²) in [6, 6.07) is 28.9. The van der Waals surface area contributed by atoms with Gasteiger partial charge < -0.3 is 81.0 Å². The number of fused-ring (bicyclic) bond motifs is 4. The van der Waals surface area contributed by atoms with E-state index in [1.54, 1.807) is 4.90 Å². The van der Waals surface area contributed by atoms with Crippen LogP contribution in [-0.2, 0) is 40.3 Å². The molecule has 0 aliphatic carbocycles. The van der Waals surface area contributed by atoms with Crippen LogP contribution in [0, 0.1) is 32.9 Å². The van der Waals surface area contributed by atoms with Crippen molar-refractivity contribution in [1.29, 1.82) is 0 Å². The molecule has 9 N–H and O–H groups in total. The zero-order valence-electron chi connectivity index (χ0n) is 67.3. The molecule has 0 radical (unpaired) electrons. The average Bonchev–Trinajstić information content (AvgIpc) is 0.967. The van der Waals surface area contributed by atoms with Gasteiger partial charge in [-0.05, 0) is 168 Å². The smallest absolute Gasteiger partial charge is 0.870 e. The number of nitrogens with zero attached hydrogens (tertiary/aromatic N) is 12. The van der Waals surface area contributed by atoms with Gasteiger partial charge in [-0.1, -0.05) is 122 Å². The Labute approximate surface area is 715 Å². The molecule has 0 unspecified atom stereocenters. The molecule has 0 bridgehead atoms. The third-order valence-corrected chi connectivity index (χ3v) is 19.0. The third-order valence-electron chi connectivity index (χ3n) is 18.6. The molecule has 4 aromatic carbocycles. The maximum Gasteiger partial charge on any atom is 1.00 e. The van der Waals surface area contributed by atoms with E-state index in [-0.39, 0.29) is 87.4 Å². The van der Waals surface area contributed by atoms with Gasteiger partial charge in [-0.2, -0.15) is 19.9 Å². The van der Waals surface area contributed by atoms with Gasteiger partial charge in [-0.15, -0.1) is 23.2 Å². The van der Waals surface area contributed by atoms with Crippen molar-refractivity contribution in [2.45, 2.75) is 171 Å². The average molecular weight is 1650 g/mol. The number of aryl methyl sites for hydroxylation is 2. The SMILES string of the molecule is CCN(C(C)C)C(C)C.Cc1cccc2cccc(N3CCc4c(N)nc(OC[C@@H]5CCCN5C)nc4C3)c12.Cc1cccc2cccc(N3CCc4c(N)nc(OC[C@@H]5CCCN5C)nc4C3)c12.ClCCl.O=C(O)/C=C/CBr.O=C(O)/C=C/CO.[C-]#[N+]C[C@@H](C)CCC.[C-]#[N+]C[C@@H](C)N(CC)C(=O)/C=C/CO.[K+].[OH-]. The molecule has 6 aromatic rings. The molecule has 1 amide bonds. The molecule has 2 fully saturated rings. The molecule has 24 nitrogen and oxygen atoms in total. The van der Waals surface area contributed by atoms with Crippen LogP contribution in [0.15, 0.2) is 109 Å². The predicted octanol–water partition coefficient (Wildman–Crippen LogP) is 11.2. The number of anilines is 4. The van der Waals surface area contributed by atoms with E-state index >= 15 is 0 Å². The Morgan fingerprint density at radius 3 is 1.37 bits per heavy atom. The summed E-state index contributed by atoms with van der Waals surface area (Å²) >= 11 is 12.6. The molecule has 110 heavy (non-hydrogen) atoms. The van der Waals surface area contributed by atoms with Crippen LogP contribution in [0.3, 0.4) is 0 Å². The number of ether oxygens (including phenoxy) is 2. The van der Waals surface area contributed by atoms with E-state index in [1.165, 1.54) is 88.0 Å². The third kappa shape index (κ3) is 35.2. The summed E-state index contributed by atoms with van der Waals surface area (Å²) in [5.74, 6) is -0.365. The molecule has 600 valence electrons. The van der Waals surface area contributed by atoms with Crippen molar-refractivity contribution in [3.63, 3.8) is 0 Å². The molecule has 28 heteroatoms. The first-order chi connectivity index (χ1) is 51.7. The van der Waals surface area contributed by atoms with Gasteiger partial charge in [0.25, 0.3) is 0 Å². The Bertz CT molecular complexity index is 3670. The van der Waals surface area contributed by atoms with E-state index in [9.17, 15) is 14.4 Å². The Morgan fingerprint density at radius 1 is 0.645 bits per heavy atom. The van der Waals surface area contributed by atoms with Crippen LogP contribution >= 0.6 is 39.1 Å². The van der Waals surface area contributed by atoms with Crippen LogP contribution in [-0.4, -0.2) is 217 Å². The second-order valence-corrected chi connectivity index (χ2v) is 28.6. The quantitative estimate of drug-likeness (QED) is 0.0150. The number of aliphatic hydroxyl groups is 2. The van der Waals surface area contributed by atoms with Crippen LogP contribution in [0.2, 0.25) is 0 Å². The molecule has 2 saturated heterocycles. The fourth-order valence-corrected chi connectivity index (χ4v) is 13.4. The van der Waals surface area contributed by atoms with E-state index in [1.807, 2.05) is 13.8 Å². The first kappa shape index (κ1) is 101. The van der Waals surface area contributed by atoms with Gasteiger partial charge in [0.2, 0.25) is 19.0 Å². The number of likely N-dealkylation sites (N-methyl/N-ethyl adjacent to an activating group) is 3. The summed E-state index contributed by atoms with van der Waals surface area (Å²) < 4.78 is 12.0. The Hall–Kier alpha value is -6.57. The first-order valence-corrected chi connectivity index (χ1v) is 39.4. The number of rotatable bonds is 23.